The van der Waals surface area contributed by atoms with Crippen LogP contribution in [0.3, 0.4) is 0 Å². The van der Waals surface area contributed by atoms with Gasteiger partial charge in [0.15, 0.2) is 0 Å². The smallest absolute Gasteiger partial charge is 0.408 e. The number of nitrogens with one attached hydrogen (secondary N) is 1. The Balaban J connectivity index is 2.32. The Morgan fingerprint density at radius 2 is 1.50 bits per heavy atom. The Morgan fingerprint density at radius 1 is 0.971 bits per heavy atom. The number of alkyl carbamates (subject to hydrolysis) is 1. The molecule has 7 heteroatoms. The first-order chi connectivity index (χ1) is 16.1. The Morgan fingerprint density at radius 3 is 1.94 bits per heavy atom. The Kier molecular flexibility index (Phi) is 10.2. The van der Waals surface area contributed by atoms with Gasteiger partial charge in [0.1, 0.15) is 23.1 Å². The number of carbonyl (C=O) groups excluding carboxylic acids is 2. The fourth-order valence-electron chi connectivity index (χ4n) is 3.47. The molecule has 0 aliphatic rings. The van der Waals surface area contributed by atoms with Crippen LogP contribution in [0.1, 0.15) is 51.2 Å². The van der Waals surface area contributed by atoms with Crippen molar-refractivity contribution in [2.75, 3.05) is 14.2 Å². The first kappa shape index (κ1) is 27.0. The molecule has 0 bridgehead atoms. The van der Waals surface area contributed by atoms with Gasteiger partial charge in [0.2, 0.25) is 5.91 Å². The van der Waals surface area contributed by atoms with Gasteiger partial charge in [-0.25, -0.2) is 4.79 Å². The summed E-state index contributed by atoms with van der Waals surface area (Å²) in [5.74, 6) is 1.24. The molecule has 1 atom stereocenters. The van der Waals surface area contributed by atoms with E-state index in [1.165, 1.54) is 0 Å². The second-order valence-corrected chi connectivity index (χ2v) is 9.09. The fraction of sp³-hybridized carbons (Fsp3) is 0.444. The van der Waals surface area contributed by atoms with E-state index in [0.717, 1.165) is 11.1 Å². The summed E-state index contributed by atoms with van der Waals surface area (Å²) in [5, 5.41) is 2.78. The van der Waals surface area contributed by atoms with Crippen LogP contribution in [0.15, 0.2) is 48.5 Å². The van der Waals surface area contributed by atoms with E-state index in [0.29, 0.717) is 43.9 Å². The highest BCUT2D eigenvalue weighted by Gasteiger charge is 2.28. The average molecular weight is 470 g/mol. The Labute approximate surface area is 203 Å². The number of benzene rings is 2. The summed E-state index contributed by atoms with van der Waals surface area (Å²) < 4.78 is 16.1. The zero-order valence-electron chi connectivity index (χ0n) is 20.9. The zero-order chi connectivity index (χ0) is 25.1. The quantitative estimate of drug-likeness (QED) is 0.494. The molecule has 2 amide bonds. The molecular weight excluding hydrogens is 432 g/mol. The molecule has 0 spiro atoms. The molecule has 0 heterocycles. The first-order valence-corrected chi connectivity index (χ1v) is 11.5. The number of hydrogen-bond donors (Lipinski definition) is 1. The van der Waals surface area contributed by atoms with Crippen LogP contribution in [0.2, 0.25) is 0 Å². The van der Waals surface area contributed by atoms with Crippen molar-refractivity contribution in [2.45, 2.75) is 64.8 Å². The van der Waals surface area contributed by atoms with Crippen LogP contribution < -0.4 is 14.8 Å². The number of carbonyl (C=O) groups is 2. The third-order valence-electron chi connectivity index (χ3n) is 5.06. The molecule has 0 unspecified atom stereocenters. The molecule has 7 nitrogen and oxygen atoms in total. The normalized spacial score (nSPS) is 11.9. The van der Waals surface area contributed by atoms with Gasteiger partial charge in [-0.3, -0.25) is 4.79 Å². The topological polar surface area (TPSA) is 77.1 Å². The first-order valence-electron chi connectivity index (χ1n) is 11.5. The second kappa shape index (κ2) is 12.9. The minimum atomic E-state index is -0.729. The molecule has 2 rings (SSSR count). The minimum Gasteiger partial charge on any atom is -0.497 e. The van der Waals surface area contributed by atoms with Crippen molar-refractivity contribution in [1.29, 1.82) is 0 Å². The number of ether oxygens (including phenoxy) is 3. The van der Waals surface area contributed by atoms with Crippen molar-refractivity contribution in [3.8, 4) is 11.5 Å². The van der Waals surface area contributed by atoms with Gasteiger partial charge < -0.3 is 24.4 Å². The standard InChI is InChI=1S/C27H37N2O5/c1-7-8-15-24(28-26(31)34-27(2,3)4)25(30)29(18-20-11-9-13-22(16-20)32-5)19-21-12-10-14-23(17-21)33-6/h9-14,16-17,24H,1,7-8,15,18-19H2,2-6H3,(H,28,31)/t24-/m1/s1. The van der Waals surface area contributed by atoms with Crippen molar-refractivity contribution in [2.24, 2.45) is 0 Å². The van der Waals surface area contributed by atoms with E-state index in [9.17, 15) is 9.59 Å². The van der Waals surface area contributed by atoms with Gasteiger partial charge in [-0.1, -0.05) is 44.0 Å². The summed E-state index contributed by atoms with van der Waals surface area (Å²) >= 11 is 0. The summed E-state index contributed by atoms with van der Waals surface area (Å²) in [7, 11) is 3.22. The zero-order valence-corrected chi connectivity index (χ0v) is 20.9. The van der Waals surface area contributed by atoms with E-state index in [1.807, 2.05) is 48.5 Å². The average Bonchev–Trinajstić information content (AvgIpc) is 2.80. The summed E-state index contributed by atoms with van der Waals surface area (Å²) in [6.45, 7) is 9.95. The van der Waals surface area contributed by atoms with Gasteiger partial charge in [-0.15, -0.1) is 0 Å². The van der Waals surface area contributed by atoms with E-state index >= 15 is 0 Å². The molecule has 0 aromatic heterocycles. The van der Waals surface area contributed by atoms with Crippen molar-refractivity contribution in [3.63, 3.8) is 0 Å². The van der Waals surface area contributed by atoms with Gasteiger partial charge in [0, 0.05) is 13.1 Å². The third-order valence-corrected chi connectivity index (χ3v) is 5.06. The highest BCUT2D eigenvalue weighted by atomic mass is 16.6. The molecule has 0 aliphatic heterocycles. The molecule has 1 radical (unpaired) electrons. The summed E-state index contributed by atoms with van der Waals surface area (Å²) in [6, 6.07) is 14.5. The molecule has 185 valence electrons. The predicted octanol–water partition coefficient (Wildman–Crippen LogP) is 5.13. The molecule has 0 saturated heterocycles. The maximum atomic E-state index is 13.7. The highest BCUT2D eigenvalue weighted by Crippen LogP contribution is 2.20. The maximum absolute atomic E-state index is 13.7. The number of methoxy groups -OCH3 is 2. The number of nitrogens with zero attached hydrogens (tertiary/aromatic N) is 1. The van der Waals surface area contributed by atoms with Gasteiger partial charge in [0.25, 0.3) is 0 Å². The van der Waals surface area contributed by atoms with Gasteiger partial charge >= 0.3 is 6.09 Å². The van der Waals surface area contributed by atoms with E-state index in [-0.39, 0.29) is 5.91 Å². The predicted molar refractivity (Wildman–Crippen MR) is 133 cm³/mol. The minimum absolute atomic E-state index is 0.190. The van der Waals surface area contributed by atoms with Crippen LogP contribution >= 0.6 is 0 Å². The molecule has 0 saturated carbocycles. The van der Waals surface area contributed by atoms with Gasteiger partial charge in [-0.05, 0) is 62.6 Å². The molecule has 34 heavy (non-hydrogen) atoms. The van der Waals surface area contributed by atoms with E-state index in [1.54, 1.807) is 39.9 Å². The maximum Gasteiger partial charge on any atom is 0.408 e. The van der Waals surface area contributed by atoms with Crippen LogP contribution in [-0.2, 0) is 22.6 Å². The van der Waals surface area contributed by atoms with Gasteiger partial charge in [-0.2, -0.15) is 0 Å². The molecule has 1 N–H and O–H groups in total. The Bertz CT molecular complexity index is 889. The van der Waals surface area contributed by atoms with Gasteiger partial charge in [0.05, 0.1) is 14.2 Å². The molecule has 0 fully saturated rings. The van der Waals surface area contributed by atoms with Crippen molar-refractivity contribution in [1.82, 2.24) is 10.2 Å². The summed E-state index contributed by atoms with van der Waals surface area (Å²) in [5.41, 5.74) is 1.18. The lowest BCUT2D eigenvalue weighted by Gasteiger charge is -2.29. The molecule has 2 aromatic rings. The SMILES string of the molecule is [CH2]CCC[C@@H](NC(=O)OC(C)(C)C)C(=O)N(Cc1cccc(OC)c1)Cc1cccc(OC)c1. The van der Waals surface area contributed by atoms with Crippen molar-refractivity contribution < 1.29 is 23.8 Å². The number of hydrogen-bond acceptors (Lipinski definition) is 5. The van der Waals surface area contributed by atoms with Crippen LogP contribution in [0.4, 0.5) is 4.79 Å². The van der Waals surface area contributed by atoms with Crippen LogP contribution in [0, 0.1) is 6.92 Å². The van der Waals surface area contributed by atoms with Crippen molar-refractivity contribution in [3.05, 3.63) is 66.6 Å². The third kappa shape index (κ3) is 8.96. The molecular formula is C27H37N2O5. The Hall–Kier alpha value is -3.22. The molecule has 2 aromatic carbocycles. The van der Waals surface area contributed by atoms with Crippen molar-refractivity contribution >= 4 is 12.0 Å². The fourth-order valence-corrected chi connectivity index (χ4v) is 3.47. The monoisotopic (exact) mass is 469 g/mol. The molecule has 0 aliphatic carbocycles. The van der Waals surface area contributed by atoms with Crippen LogP contribution in [0.5, 0.6) is 11.5 Å². The van der Waals surface area contributed by atoms with E-state index < -0.39 is 17.7 Å². The lowest BCUT2D eigenvalue weighted by Crippen LogP contribution is -2.49. The summed E-state index contributed by atoms with van der Waals surface area (Å²) in [6.07, 6.45) is 1.20. The lowest BCUT2D eigenvalue weighted by atomic mass is 10.1. The van der Waals surface area contributed by atoms with E-state index in [4.69, 9.17) is 14.2 Å². The van der Waals surface area contributed by atoms with Crippen LogP contribution in [-0.4, -0.2) is 42.8 Å². The highest BCUT2D eigenvalue weighted by molar-refractivity contribution is 5.85. The largest absolute Gasteiger partial charge is 0.497 e. The van der Waals surface area contributed by atoms with E-state index in [2.05, 4.69) is 12.2 Å². The summed E-state index contributed by atoms with van der Waals surface area (Å²) in [4.78, 5) is 28.0. The lowest BCUT2D eigenvalue weighted by molar-refractivity contribution is -0.135. The van der Waals surface area contributed by atoms with Crippen LogP contribution in [0.25, 0.3) is 0 Å². The number of rotatable bonds is 11. The second-order valence-electron chi connectivity index (χ2n) is 9.09. The number of amides is 2. The number of unbranched alkanes of at least 4 members (excludes halogenated alkanes) is 1.